The largest absolute Gasteiger partial charge is 0.334 e. The number of hydrogen-bond acceptors (Lipinski definition) is 6. The molecule has 3 rings (SSSR count). The van der Waals surface area contributed by atoms with Crippen molar-refractivity contribution in [3.8, 4) is 11.5 Å². The fraction of sp³-hybridized carbons (Fsp3) is 0.385. The average molecular weight is 309 g/mol. The van der Waals surface area contributed by atoms with Crippen molar-refractivity contribution in [3.05, 3.63) is 39.2 Å². The third kappa shape index (κ3) is 3.03. The first-order chi connectivity index (χ1) is 10.1. The first-order valence-corrected chi connectivity index (χ1v) is 7.01. The third-order valence-electron chi connectivity index (χ3n) is 3.49. The number of halogens is 1. The Balaban J connectivity index is 1.90. The van der Waals surface area contributed by atoms with E-state index < -0.39 is 4.92 Å². The summed E-state index contributed by atoms with van der Waals surface area (Å²) in [5, 5.41) is 18.4. The highest BCUT2D eigenvalue weighted by Crippen LogP contribution is 2.29. The zero-order valence-electron chi connectivity index (χ0n) is 11.1. The standard InChI is InChI=1S/C13H13ClN4O3/c14-10-5-9(6-11(7-10)18(19)20)13-16-12(17-21-13)8-1-3-15-4-2-8/h5-8,15H,1-4H2. The summed E-state index contributed by atoms with van der Waals surface area (Å²) in [5.41, 5.74) is 0.362. The van der Waals surface area contributed by atoms with E-state index in [0.29, 0.717) is 11.4 Å². The Hall–Kier alpha value is -1.99. The van der Waals surface area contributed by atoms with Crippen molar-refractivity contribution in [2.24, 2.45) is 0 Å². The van der Waals surface area contributed by atoms with Crippen molar-refractivity contribution in [3.63, 3.8) is 0 Å². The van der Waals surface area contributed by atoms with Gasteiger partial charge in [0.15, 0.2) is 5.82 Å². The highest BCUT2D eigenvalue weighted by Gasteiger charge is 2.22. The number of nitrogens with one attached hydrogen (secondary N) is 1. The molecule has 1 aliphatic heterocycles. The second kappa shape index (κ2) is 5.79. The van der Waals surface area contributed by atoms with E-state index in [0.717, 1.165) is 25.9 Å². The maximum absolute atomic E-state index is 10.9. The minimum Gasteiger partial charge on any atom is -0.334 e. The van der Waals surface area contributed by atoms with Crippen LogP contribution in [0.3, 0.4) is 0 Å². The summed E-state index contributed by atoms with van der Waals surface area (Å²) >= 11 is 5.90. The predicted octanol–water partition coefficient (Wildman–Crippen LogP) is 2.77. The fourth-order valence-electron chi connectivity index (χ4n) is 2.40. The molecule has 0 spiro atoms. The Morgan fingerprint density at radius 2 is 2.10 bits per heavy atom. The van der Waals surface area contributed by atoms with Gasteiger partial charge < -0.3 is 9.84 Å². The molecule has 2 aromatic rings. The molecule has 21 heavy (non-hydrogen) atoms. The Morgan fingerprint density at radius 1 is 1.33 bits per heavy atom. The summed E-state index contributed by atoms with van der Waals surface area (Å²) in [6, 6.07) is 4.25. The molecular weight excluding hydrogens is 296 g/mol. The van der Waals surface area contributed by atoms with E-state index in [1.165, 1.54) is 12.1 Å². The normalized spacial score (nSPS) is 16.0. The van der Waals surface area contributed by atoms with E-state index in [1.54, 1.807) is 6.07 Å². The number of nitrogens with zero attached hydrogens (tertiary/aromatic N) is 3. The molecule has 0 unspecified atom stereocenters. The quantitative estimate of drug-likeness (QED) is 0.692. The molecule has 0 amide bonds. The Kier molecular flexibility index (Phi) is 3.85. The molecule has 7 nitrogen and oxygen atoms in total. The lowest BCUT2D eigenvalue weighted by molar-refractivity contribution is -0.384. The lowest BCUT2D eigenvalue weighted by Gasteiger charge is -2.18. The monoisotopic (exact) mass is 308 g/mol. The van der Waals surface area contributed by atoms with Gasteiger partial charge in [-0.3, -0.25) is 10.1 Å². The molecule has 0 radical (unpaired) electrons. The van der Waals surface area contributed by atoms with Gasteiger partial charge in [0.25, 0.3) is 11.6 Å². The minimum atomic E-state index is -0.501. The van der Waals surface area contributed by atoms with Crippen LogP contribution in [0.4, 0.5) is 5.69 Å². The number of benzene rings is 1. The third-order valence-corrected chi connectivity index (χ3v) is 3.70. The topological polar surface area (TPSA) is 94.1 Å². The van der Waals surface area contributed by atoms with Crippen LogP contribution < -0.4 is 5.32 Å². The van der Waals surface area contributed by atoms with Crippen LogP contribution in [0.2, 0.25) is 5.02 Å². The van der Waals surface area contributed by atoms with Crippen LogP contribution in [0.5, 0.6) is 0 Å². The van der Waals surface area contributed by atoms with Gasteiger partial charge in [0.1, 0.15) is 0 Å². The molecule has 2 heterocycles. The van der Waals surface area contributed by atoms with Crippen LogP contribution in [-0.2, 0) is 0 Å². The van der Waals surface area contributed by atoms with Crippen molar-refractivity contribution in [2.75, 3.05) is 13.1 Å². The van der Waals surface area contributed by atoms with Crippen LogP contribution in [0.1, 0.15) is 24.6 Å². The number of nitro benzene ring substituents is 1. The van der Waals surface area contributed by atoms with Crippen molar-refractivity contribution in [1.29, 1.82) is 0 Å². The lowest BCUT2D eigenvalue weighted by Crippen LogP contribution is -2.27. The molecule has 110 valence electrons. The molecule has 1 saturated heterocycles. The molecule has 1 fully saturated rings. The summed E-state index contributed by atoms with van der Waals surface area (Å²) in [4.78, 5) is 14.7. The maximum atomic E-state index is 10.9. The smallest absolute Gasteiger partial charge is 0.271 e. The Bertz CT molecular complexity index is 667. The number of aromatic nitrogens is 2. The summed E-state index contributed by atoms with van der Waals surface area (Å²) in [7, 11) is 0. The second-order valence-corrected chi connectivity index (χ2v) is 5.37. The fourth-order valence-corrected chi connectivity index (χ4v) is 2.63. The number of non-ortho nitro benzene ring substituents is 1. The van der Waals surface area contributed by atoms with Crippen LogP contribution in [0, 0.1) is 10.1 Å². The van der Waals surface area contributed by atoms with E-state index in [9.17, 15) is 10.1 Å². The van der Waals surface area contributed by atoms with E-state index in [-0.39, 0.29) is 22.5 Å². The predicted molar refractivity (Wildman–Crippen MR) is 76.2 cm³/mol. The van der Waals surface area contributed by atoms with Crippen molar-refractivity contribution in [2.45, 2.75) is 18.8 Å². The second-order valence-electron chi connectivity index (χ2n) is 4.94. The van der Waals surface area contributed by atoms with Gasteiger partial charge >= 0.3 is 0 Å². The summed E-state index contributed by atoms with van der Waals surface area (Å²) in [6.45, 7) is 1.86. The molecule has 1 aromatic carbocycles. The number of piperidine rings is 1. The van der Waals surface area contributed by atoms with Crippen molar-refractivity contribution >= 4 is 17.3 Å². The van der Waals surface area contributed by atoms with Crippen LogP contribution in [0.25, 0.3) is 11.5 Å². The maximum Gasteiger partial charge on any atom is 0.271 e. The van der Waals surface area contributed by atoms with Gasteiger partial charge in [-0.15, -0.1) is 0 Å². The number of hydrogen-bond donors (Lipinski definition) is 1. The van der Waals surface area contributed by atoms with E-state index in [4.69, 9.17) is 16.1 Å². The number of rotatable bonds is 3. The molecule has 1 aliphatic rings. The van der Waals surface area contributed by atoms with Gasteiger partial charge in [0.2, 0.25) is 0 Å². The zero-order chi connectivity index (χ0) is 14.8. The van der Waals surface area contributed by atoms with Gasteiger partial charge in [0.05, 0.1) is 4.92 Å². The Labute approximate surface area is 125 Å². The summed E-state index contributed by atoms with van der Waals surface area (Å²) in [5.74, 6) is 1.17. The Morgan fingerprint density at radius 3 is 2.81 bits per heavy atom. The van der Waals surface area contributed by atoms with Gasteiger partial charge in [-0.05, 0) is 32.0 Å². The molecule has 0 aliphatic carbocycles. The first-order valence-electron chi connectivity index (χ1n) is 6.63. The highest BCUT2D eigenvalue weighted by molar-refractivity contribution is 6.31. The van der Waals surface area contributed by atoms with Crippen LogP contribution in [0.15, 0.2) is 22.7 Å². The molecule has 0 saturated carbocycles. The highest BCUT2D eigenvalue weighted by atomic mass is 35.5. The first kappa shape index (κ1) is 14.0. The molecular formula is C13H13ClN4O3. The van der Waals surface area contributed by atoms with E-state index >= 15 is 0 Å². The minimum absolute atomic E-state index is 0.0980. The van der Waals surface area contributed by atoms with Gasteiger partial charge in [-0.2, -0.15) is 4.98 Å². The molecule has 1 N–H and O–H groups in total. The summed E-state index contributed by atoms with van der Waals surface area (Å²) < 4.78 is 5.23. The van der Waals surface area contributed by atoms with Crippen molar-refractivity contribution in [1.82, 2.24) is 15.5 Å². The van der Waals surface area contributed by atoms with Gasteiger partial charge in [0, 0.05) is 28.6 Å². The van der Waals surface area contributed by atoms with E-state index in [1.807, 2.05) is 0 Å². The molecule has 8 heteroatoms. The zero-order valence-corrected chi connectivity index (χ0v) is 11.8. The molecule has 0 bridgehead atoms. The van der Waals surface area contributed by atoms with Gasteiger partial charge in [-0.25, -0.2) is 0 Å². The number of nitro groups is 1. The molecule has 0 atom stereocenters. The van der Waals surface area contributed by atoms with Gasteiger partial charge in [-0.1, -0.05) is 16.8 Å². The van der Waals surface area contributed by atoms with Crippen LogP contribution in [-0.4, -0.2) is 28.2 Å². The molecule has 1 aromatic heterocycles. The SMILES string of the molecule is O=[N+]([O-])c1cc(Cl)cc(-c2nc(C3CCNCC3)no2)c1. The summed E-state index contributed by atoms with van der Waals surface area (Å²) in [6.07, 6.45) is 1.91. The lowest BCUT2D eigenvalue weighted by atomic mass is 9.98. The van der Waals surface area contributed by atoms with Crippen molar-refractivity contribution < 1.29 is 9.45 Å². The average Bonchev–Trinajstić information content (AvgIpc) is 2.97. The van der Waals surface area contributed by atoms with Crippen LogP contribution >= 0.6 is 11.6 Å². The van der Waals surface area contributed by atoms with E-state index in [2.05, 4.69) is 15.5 Å².